The van der Waals surface area contributed by atoms with Gasteiger partial charge in [0.1, 0.15) is 6.61 Å². The minimum atomic E-state index is -0.402. The van der Waals surface area contributed by atoms with Gasteiger partial charge >= 0.3 is 5.97 Å². The molecule has 1 aliphatic carbocycles. The number of cyclic esters (lactones) is 1. The van der Waals surface area contributed by atoms with Crippen LogP contribution in [-0.4, -0.2) is 23.8 Å². The van der Waals surface area contributed by atoms with Gasteiger partial charge < -0.3 is 9.84 Å². The van der Waals surface area contributed by atoms with Gasteiger partial charge in [-0.1, -0.05) is 13.0 Å². The van der Waals surface area contributed by atoms with Crippen molar-refractivity contribution >= 4 is 5.97 Å². The molecule has 3 heteroatoms. The fraction of sp³-hybridized carbons (Fsp3) is 0.667. The largest absolute Gasteiger partial charge is 0.461 e. The first kappa shape index (κ1) is 7.80. The summed E-state index contributed by atoms with van der Waals surface area (Å²) < 4.78 is 4.89. The third kappa shape index (κ3) is 0.894. The topological polar surface area (TPSA) is 46.5 Å². The van der Waals surface area contributed by atoms with E-state index in [2.05, 4.69) is 0 Å². The van der Waals surface area contributed by atoms with Gasteiger partial charge in [0.2, 0.25) is 0 Å². The fourth-order valence-electron chi connectivity index (χ4n) is 1.93. The molecule has 2 unspecified atom stereocenters. The summed E-state index contributed by atoms with van der Waals surface area (Å²) in [6, 6.07) is 0. The van der Waals surface area contributed by atoms with Crippen molar-refractivity contribution in [3.63, 3.8) is 0 Å². The molecule has 1 aliphatic heterocycles. The van der Waals surface area contributed by atoms with E-state index in [1.807, 2.05) is 13.0 Å². The van der Waals surface area contributed by atoms with Crippen LogP contribution in [0.15, 0.2) is 11.6 Å². The standard InChI is InChI=1S/C9H12O3/c1-9-4-8(11)12-5-6(9)2-3-7(9)10/h2,7,10H,3-5H2,1H3. The Balaban J connectivity index is 2.29. The van der Waals surface area contributed by atoms with Gasteiger partial charge in [0.25, 0.3) is 0 Å². The molecule has 66 valence electrons. The first-order chi connectivity index (χ1) is 5.63. The first-order valence-corrected chi connectivity index (χ1v) is 4.16. The monoisotopic (exact) mass is 168 g/mol. The maximum absolute atomic E-state index is 11.0. The third-order valence-electron chi connectivity index (χ3n) is 2.96. The molecular weight excluding hydrogens is 156 g/mol. The Kier molecular flexibility index (Phi) is 1.51. The van der Waals surface area contributed by atoms with Crippen LogP contribution in [0.2, 0.25) is 0 Å². The van der Waals surface area contributed by atoms with E-state index in [1.54, 1.807) is 0 Å². The minimum absolute atomic E-state index is 0.199. The molecule has 3 nitrogen and oxygen atoms in total. The maximum atomic E-state index is 11.0. The average Bonchev–Trinajstić information content (AvgIpc) is 2.28. The van der Waals surface area contributed by atoms with E-state index < -0.39 is 6.10 Å². The summed E-state index contributed by atoms with van der Waals surface area (Å²) in [6.07, 6.45) is 2.56. The summed E-state index contributed by atoms with van der Waals surface area (Å²) in [5, 5.41) is 9.64. The van der Waals surface area contributed by atoms with Crippen molar-refractivity contribution in [2.75, 3.05) is 6.61 Å². The highest BCUT2D eigenvalue weighted by Gasteiger charge is 2.45. The Morgan fingerprint density at radius 1 is 1.75 bits per heavy atom. The highest BCUT2D eigenvalue weighted by molar-refractivity contribution is 5.73. The second kappa shape index (κ2) is 2.33. The van der Waals surface area contributed by atoms with Gasteiger partial charge in [-0.25, -0.2) is 0 Å². The van der Waals surface area contributed by atoms with Crippen molar-refractivity contribution in [1.29, 1.82) is 0 Å². The Bertz CT molecular complexity index is 256. The fourth-order valence-corrected chi connectivity index (χ4v) is 1.93. The molecule has 0 aromatic carbocycles. The molecule has 0 amide bonds. The van der Waals surface area contributed by atoms with Crippen molar-refractivity contribution in [3.05, 3.63) is 11.6 Å². The second-order valence-electron chi connectivity index (χ2n) is 3.74. The van der Waals surface area contributed by atoms with Crippen LogP contribution in [0.1, 0.15) is 19.8 Å². The first-order valence-electron chi connectivity index (χ1n) is 4.16. The van der Waals surface area contributed by atoms with E-state index in [0.717, 1.165) is 5.57 Å². The zero-order valence-electron chi connectivity index (χ0n) is 7.04. The Morgan fingerprint density at radius 2 is 2.50 bits per heavy atom. The molecule has 12 heavy (non-hydrogen) atoms. The van der Waals surface area contributed by atoms with Gasteiger partial charge in [-0.2, -0.15) is 0 Å². The number of rotatable bonds is 0. The predicted molar refractivity (Wildman–Crippen MR) is 42.4 cm³/mol. The molecule has 1 saturated heterocycles. The molecule has 1 N–H and O–H groups in total. The molecule has 0 aromatic rings. The summed E-state index contributed by atoms with van der Waals surface area (Å²) in [7, 11) is 0. The van der Waals surface area contributed by atoms with Crippen molar-refractivity contribution < 1.29 is 14.6 Å². The third-order valence-corrected chi connectivity index (χ3v) is 2.96. The van der Waals surface area contributed by atoms with Gasteiger partial charge in [0.05, 0.1) is 12.5 Å². The second-order valence-corrected chi connectivity index (χ2v) is 3.74. The Labute approximate surface area is 71.0 Å². The molecule has 0 aromatic heterocycles. The van der Waals surface area contributed by atoms with E-state index in [-0.39, 0.29) is 11.4 Å². The number of ether oxygens (including phenoxy) is 1. The van der Waals surface area contributed by atoms with Gasteiger partial charge in [-0.15, -0.1) is 0 Å². The van der Waals surface area contributed by atoms with E-state index in [0.29, 0.717) is 19.4 Å². The molecule has 0 spiro atoms. The minimum Gasteiger partial charge on any atom is -0.461 e. The average molecular weight is 168 g/mol. The molecular formula is C9H12O3. The van der Waals surface area contributed by atoms with E-state index in [1.165, 1.54) is 0 Å². The molecule has 1 heterocycles. The molecule has 0 radical (unpaired) electrons. The molecule has 0 saturated carbocycles. The SMILES string of the molecule is CC12CC(=O)OCC1=CCC2O. The molecule has 1 fully saturated rings. The number of esters is 1. The van der Waals surface area contributed by atoms with Gasteiger partial charge in [0.15, 0.2) is 0 Å². The normalized spacial score (nSPS) is 40.3. The van der Waals surface area contributed by atoms with Crippen LogP contribution in [0.4, 0.5) is 0 Å². The van der Waals surface area contributed by atoms with Gasteiger partial charge in [-0.3, -0.25) is 4.79 Å². The van der Waals surface area contributed by atoms with E-state index >= 15 is 0 Å². The van der Waals surface area contributed by atoms with E-state index in [9.17, 15) is 9.90 Å². The predicted octanol–water partition coefficient (Wildman–Crippen LogP) is 0.631. The number of fused-ring (bicyclic) bond motifs is 1. The number of aliphatic hydroxyl groups excluding tert-OH is 1. The van der Waals surface area contributed by atoms with Crippen molar-refractivity contribution in [2.45, 2.75) is 25.9 Å². The van der Waals surface area contributed by atoms with Crippen molar-refractivity contribution in [1.82, 2.24) is 0 Å². The summed E-state index contributed by atoms with van der Waals surface area (Å²) in [5.74, 6) is -0.199. The van der Waals surface area contributed by atoms with Crippen molar-refractivity contribution in [3.8, 4) is 0 Å². The number of carbonyl (C=O) groups is 1. The molecule has 2 rings (SSSR count). The molecule has 0 bridgehead atoms. The number of aliphatic hydroxyl groups is 1. The Morgan fingerprint density at radius 3 is 3.25 bits per heavy atom. The Hall–Kier alpha value is -0.830. The van der Waals surface area contributed by atoms with Crippen LogP contribution in [0, 0.1) is 5.41 Å². The van der Waals surface area contributed by atoms with Gasteiger partial charge in [0, 0.05) is 5.41 Å². The quantitative estimate of drug-likeness (QED) is 0.426. The zero-order chi connectivity index (χ0) is 8.77. The summed E-state index contributed by atoms with van der Waals surface area (Å²) in [4.78, 5) is 11.0. The molecule has 2 aliphatic rings. The lowest BCUT2D eigenvalue weighted by atomic mass is 9.77. The van der Waals surface area contributed by atoms with Crippen LogP contribution in [0.3, 0.4) is 0 Å². The molecule has 2 atom stereocenters. The zero-order valence-corrected chi connectivity index (χ0v) is 7.04. The van der Waals surface area contributed by atoms with Crippen LogP contribution < -0.4 is 0 Å². The van der Waals surface area contributed by atoms with E-state index in [4.69, 9.17) is 4.74 Å². The van der Waals surface area contributed by atoms with Gasteiger partial charge in [-0.05, 0) is 12.0 Å². The van der Waals surface area contributed by atoms with Crippen molar-refractivity contribution in [2.24, 2.45) is 5.41 Å². The number of hydrogen-bond acceptors (Lipinski definition) is 3. The van der Waals surface area contributed by atoms with Crippen LogP contribution in [-0.2, 0) is 9.53 Å². The highest BCUT2D eigenvalue weighted by atomic mass is 16.5. The number of carbonyl (C=O) groups excluding carboxylic acids is 1. The highest BCUT2D eigenvalue weighted by Crippen LogP contribution is 2.44. The van der Waals surface area contributed by atoms with Crippen LogP contribution >= 0.6 is 0 Å². The smallest absolute Gasteiger partial charge is 0.307 e. The summed E-state index contributed by atoms with van der Waals surface area (Å²) in [6.45, 7) is 2.29. The lowest BCUT2D eigenvalue weighted by Gasteiger charge is -2.34. The number of hydrogen-bond donors (Lipinski definition) is 1. The van der Waals surface area contributed by atoms with Crippen LogP contribution in [0.5, 0.6) is 0 Å². The van der Waals surface area contributed by atoms with Crippen LogP contribution in [0.25, 0.3) is 0 Å². The summed E-state index contributed by atoms with van der Waals surface area (Å²) >= 11 is 0. The maximum Gasteiger partial charge on any atom is 0.307 e. The lowest BCUT2D eigenvalue weighted by Crippen LogP contribution is -2.38. The lowest BCUT2D eigenvalue weighted by molar-refractivity contribution is -0.150. The summed E-state index contributed by atoms with van der Waals surface area (Å²) in [5.41, 5.74) is 0.740.